The third-order valence-electron chi connectivity index (χ3n) is 5.84. The summed E-state index contributed by atoms with van der Waals surface area (Å²) in [6.07, 6.45) is 1.64. The molecular weight excluding hydrogens is 388 g/mol. The Labute approximate surface area is 180 Å². The molecule has 0 saturated heterocycles. The van der Waals surface area contributed by atoms with Gasteiger partial charge in [-0.2, -0.15) is 0 Å². The summed E-state index contributed by atoms with van der Waals surface area (Å²) < 4.78 is 6.00. The molecule has 1 amide bonds. The standard InChI is InChI=1S/C26H22N2O3/c1-15(2)17-8-10-18(11-9-17)23-22-24(29)19-14-16(3)7-12-20(19)31-25(22)26(30)28(23)21-6-4-5-13-27-21/h4-15,23H,1-3H3/t23-/m0/s1. The van der Waals surface area contributed by atoms with E-state index in [1.807, 2.05) is 49.4 Å². The van der Waals surface area contributed by atoms with E-state index in [1.54, 1.807) is 29.3 Å². The Morgan fingerprint density at radius 2 is 1.77 bits per heavy atom. The molecule has 0 bridgehead atoms. The minimum absolute atomic E-state index is 0.0879. The van der Waals surface area contributed by atoms with E-state index < -0.39 is 6.04 Å². The van der Waals surface area contributed by atoms with Gasteiger partial charge in [-0.15, -0.1) is 0 Å². The van der Waals surface area contributed by atoms with Crippen molar-refractivity contribution < 1.29 is 9.21 Å². The summed E-state index contributed by atoms with van der Waals surface area (Å²) in [6.45, 7) is 6.19. The lowest BCUT2D eigenvalue weighted by Crippen LogP contribution is -2.30. The van der Waals surface area contributed by atoms with Crippen molar-refractivity contribution in [1.82, 2.24) is 4.98 Å². The van der Waals surface area contributed by atoms with Crippen molar-refractivity contribution in [2.75, 3.05) is 4.90 Å². The number of carbonyl (C=O) groups excluding carboxylic acids is 1. The van der Waals surface area contributed by atoms with Crippen molar-refractivity contribution in [2.24, 2.45) is 0 Å². The highest BCUT2D eigenvalue weighted by atomic mass is 16.3. The lowest BCUT2D eigenvalue weighted by molar-refractivity contribution is 0.0970. The molecule has 4 aromatic rings. The van der Waals surface area contributed by atoms with Crippen LogP contribution in [0.15, 0.2) is 76.1 Å². The number of anilines is 1. The molecule has 3 heterocycles. The number of aryl methyl sites for hydroxylation is 1. The van der Waals surface area contributed by atoms with E-state index in [-0.39, 0.29) is 17.1 Å². The van der Waals surface area contributed by atoms with Crippen LogP contribution in [0.3, 0.4) is 0 Å². The fraction of sp³-hybridized carbons (Fsp3) is 0.192. The molecule has 0 aliphatic carbocycles. The summed E-state index contributed by atoms with van der Waals surface area (Å²) in [5.74, 6) is 0.600. The number of pyridine rings is 1. The lowest BCUT2D eigenvalue weighted by Gasteiger charge is -2.24. The summed E-state index contributed by atoms with van der Waals surface area (Å²) >= 11 is 0. The van der Waals surface area contributed by atoms with Crippen molar-refractivity contribution in [3.05, 3.63) is 105 Å². The Morgan fingerprint density at radius 3 is 2.45 bits per heavy atom. The van der Waals surface area contributed by atoms with Gasteiger partial charge in [-0.05, 0) is 48.2 Å². The topological polar surface area (TPSA) is 63.4 Å². The highest BCUT2D eigenvalue weighted by Crippen LogP contribution is 2.40. The van der Waals surface area contributed by atoms with Crippen LogP contribution in [0.25, 0.3) is 11.0 Å². The van der Waals surface area contributed by atoms with Crippen molar-refractivity contribution in [2.45, 2.75) is 32.7 Å². The zero-order valence-electron chi connectivity index (χ0n) is 17.6. The molecule has 0 unspecified atom stereocenters. The molecule has 0 saturated carbocycles. The summed E-state index contributed by atoms with van der Waals surface area (Å²) in [5, 5.41) is 0.484. The molecule has 1 aliphatic rings. The monoisotopic (exact) mass is 410 g/mol. The quantitative estimate of drug-likeness (QED) is 0.455. The fourth-order valence-corrected chi connectivity index (χ4v) is 4.20. The maximum Gasteiger partial charge on any atom is 0.296 e. The van der Waals surface area contributed by atoms with Crippen LogP contribution >= 0.6 is 0 Å². The molecule has 2 aromatic carbocycles. The molecule has 0 radical (unpaired) electrons. The summed E-state index contributed by atoms with van der Waals surface area (Å²) in [7, 11) is 0. The molecule has 5 rings (SSSR count). The third-order valence-corrected chi connectivity index (χ3v) is 5.84. The molecule has 5 heteroatoms. The normalized spacial score (nSPS) is 15.7. The Morgan fingerprint density at radius 1 is 1.00 bits per heavy atom. The van der Waals surface area contributed by atoms with Gasteiger partial charge in [0.1, 0.15) is 11.4 Å². The highest BCUT2D eigenvalue weighted by molar-refractivity contribution is 6.10. The molecule has 1 atom stereocenters. The van der Waals surface area contributed by atoms with Gasteiger partial charge in [0.05, 0.1) is 17.0 Å². The molecule has 0 spiro atoms. The molecule has 1 aliphatic heterocycles. The minimum Gasteiger partial charge on any atom is -0.450 e. The van der Waals surface area contributed by atoms with Crippen LogP contribution in [0.2, 0.25) is 0 Å². The predicted molar refractivity (Wildman–Crippen MR) is 121 cm³/mol. The van der Waals surface area contributed by atoms with E-state index in [1.165, 1.54) is 5.56 Å². The second-order valence-electron chi connectivity index (χ2n) is 8.26. The van der Waals surface area contributed by atoms with Crippen LogP contribution in [0.1, 0.15) is 58.6 Å². The van der Waals surface area contributed by atoms with Gasteiger partial charge >= 0.3 is 0 Å². The second kappa shape index (κ2) is 7.20. The van der Waals surface area contributed by atoms with Gasteiger partial charge in [0.2, 0.25) is 5.76 Å². The number of benzene rings is 2. The Balaban J connectivity index is 1.78. The van der Waals surface area contributed by atoms with Gasteiger partial charge < -0.3 is 4.42 Å². The number of hydrogen-bond acceptors (Lipinski definition) is 4. The van der Waals surface area contributed by atoms with E-state index in [0.29, 0.717) is 28.3 Å². The van der Waals surface area contributed by atoms with E-state index >= 15 is 0 Å². The third kappa shape index (κ3) is 3.05. The molecule has 0 N–H and O–H groups in total. The average molecular weight is 410 g/mol. The van der Waals surface area contributed by atoms with Gasteiger partial charge in [0.15, 0.2) is 5.43 Å². The van der Waals surface area contributed by atoms with Crippen molar-refractivity contribution in [3.63, 3.8) is 0 Å². The van der Waals surface area contributed by atoms with Gasteiger partial charge in [-0.25, -0.2) is 4.98 Å². The largest absolute Gasteiger partial charge is 0.450 e. The number of fused-ring (bicyclic) bond motifs is 2. The maximum absolute atomic E-state index is 13.6. The number of hydrogen-bond donors (Lipinski definition) is 0. The zero-order valence-corrected chi connectivity index (χ0v) is 17.6. The van der Waals surface area contributed by atoms with Gasteiger partial charge in [-0.3, -0.25) is 14.5 Å². The number of aromatic nitrogens is 1. The predicted octanol–water partition coefficient (Wildman–Crippen LogP) is 5.37. The van der Waals surface area contributed by atoms with Crippen LogP contribution < -0.4 is 10.3 Å². The molecule has 31 heavy (non-hydrogen) atoms. The smallest absolute Gasteiger partial charge is 0.296 e. The van der Waals surface area contributed by atoms with Crippen molar-refractivity contribution >= 4 is 22.7 Å². The SMILES string of the molecule is Cc1ccc2oc3c(c(=O)c2c1)[C@H](c1ccc(C(C)C)cc1)N(c1ccccn1)C3=O. The van der Waals surface area contributed by atoms with E-state index in [4.69, 9.17) is 4.42 Å². The summed E-state index contributed by atoms with van der Waals surface area (Å²) in [4.78, 5) is 33.0. The van der Waals surface area contributed by atoms with Crippen LogP contribution in [0, 0.1) is 6.92 Å². The van der Waals surface area contributed by atoms with Crippen LogP contribution in [-0.4, -0.2) is 10.9 Å². The van der Waals surface area contributed by atoms with Crippen molar-refractivity contribution in [1.29, 1.82) is 0 Å². The molecule has 0 fully saturated rings. The maximum atomic E-state index is 13.6. The Kier molecular flexibility index (Phi) is 4.47. The first-order valence-corrected chi connectivity index (χ1v) is 10.4. The number of rotatable bonds is 3. The second-order valence-corrected chi connectivity index (χ2v) is 8.26. The van der Waals surface area contributed by atoms with E-state index in [9.17, 15) is 9.59 Å². The first-order chi connectivity index (χ1) is 15.0. The fourth-order valence-electron chi connectivity index (χ4n) is 4.20. The van der Waals surface area contributed by atoms with Crippen LogP contribution in [0.5, 0.6) is 0 Å². The average Bonchev–Trinajstić information content (AvgIpc) is 3.07. The Hall–Kier alpha value is -3.73. The number of carbonyl (C=O) groups is 1. The lowest BCUT2D eigenvalue weighted by atomic mass is 9.95. The minimum atomic E-state index is -0.597. The van der Waals surface area contributed by atoms with Crippen LogP contribution in [-0.2, 0) is 0 Å². The van der Waals surface area contributed by atoms with Crippen molar-refractivity contribution in [3.8, 4) is 0 Å². The summed E-state index contributed by atoms with van der Waals surface area (Å²) in [5.41, 5.74) is 3.61. The first kappa shape index (κ1) is 19.2. The van der Waals surface area contributed by atoms with E-state index in [2.05, 4.69) is 18.8 Å². The van der Waals surface area contributed by atoms with Crippen LogP contribution in [0.4, 0.5) is 5.82 Å². The molecule has 2 aromatic heterocycles. The van der Waals surface area contributed by atoms with E-state index in [0.717, 1.165) is 11.1 Å². The molecule has 154 valence electrons. The molecular formula is C26H22N2O3. The number of amides is 1. The first-order valence-electron chi connectivity index (χ1n) is 10.4. The van der Waals surface area contributed by atoms with Gasteiger partial charge in [0, 0.05) is 6.20 Å². The summed E-state index contributed by atoms with van der Waals surface area (Å²) in [6, 6.07) is 18.3. The molecule has 5 nitrogen and oxygen atoms in total. The van der Waals surface area contributed by atoms with Gasteiger partial charge in [-0.1, -0.05) is 55.8 Å². The zero-order chi connectivity index (χ0) is 21.7. The number of nitrogens with zero attached hydrogens (tertiary/aromatic N) is 2. The Bertz CT molecular complexity index is 1360. The van der Waals surface area contributed by atoms with Gasteiger partial charge in [0.25, 0.3) is 5.91 Å². The highest BCUT2D eigenvalue weighted by Gasteiger charge is 2.44.